The summed E-state index contributed by atoms with van der Waals surface area (Å²) in [5.41, 5.74) is 0. The van der Waals surface area contributed by atoms with Gasteiger partial charge in [0.15, 0.2) is 31.5 Å². The van der Waals surface area contributed by atoms with Crippen molar-refractivity contribution in [3.63, 3.8) is 0 Å². The van der Waals surface area contributed by atoms with Gasteiger partial charge < -0.3 is 130 Å². The van der Waals surface area contributed by atoms with E-state index in [0.29, 0.717) is 0 Å². The van der Waals surface area contributed by atoms with Crippen molar-refractivity contribution in [2.75, 3.05) is 33.0 Å². The van der Waals surface area contributed by atoms with Crippen molar-refractivity contribution in [3.05, 3.63) is 0 Å². The Morgan fingerprint density at radius 3 is 1.24 bits per heavy atom. The second-order valence-corrected chi connectivity index (χ2v) is 14.7. The molecule has 17 N–H and O–H groups in total. The van der Waals surface area contributed by atoms with Gasteiger partial charge in [-0.3, -0.25) is 4.79 Å². The topological polar surface area (TPSA) is 436 Å². The molecule has 5 saturated heterocycles. The van der Waals surface area contributed by atoms with Crippen LogP contribution in [0.25, 0.3) is 0 Å². The number of hydrogen-bond acceptors (Lipinski definition) is 26. The minimum absolute atomic E-state index is 0.817. The lowest BCUT2D eigenvalue weighted by Gasteiger charge is -2.50. The molecule has 0 aromatic rings. The van der Waals surface area contributed by atoms with E-state index in [1.165, 1.54) is 0 Å². The summed E-state index contributed by atoms with van der Waals surface area (Å²) in [6, 6.07) is -1.72. The van der Waals surface area contributed by atoms with Crippen LogP contribution in [0, 0.1) is 0 Å². The van der Waals surface area contributed by atoms with Crippen LogP contribution < -0.4 is 5.32 Å². The molecule has 344 valence electrons. The molecule has 0 radical (unpaired) electrons. The fourth-order valence-corrected chi connectivity index (χ4v) is 7.43. The van der Waals surface area contributed by atoms with Gasteiger partial charge in [-0.05, 0) is 0 Å². The van der Waals surface area contributed by atoms with Crippen molar-refractivity contribution in [1.29, 1.82) is 0 Å². The molecule has 0 aliphatic carbocycles. The highest BCUT2D eigenvalue weighted by molar-refractivity contribution is 5.73. The third kappa shape index (κ3) is 10.2. The van der Waals surface area contributed by atoms with E-state index in [4.69, 9.17) is 42.6 Å². The van der Waals surface area contributed by atoms with E-state index in [2.05, 4.69) is 5.32 Å². The first-order valence-electron chi connectivity index (χ1n) is 18.6. The predicted molar refractivity (Wildman–Crippen MR) is 178 cm³/mol. The molecule has 27 heteroatoms. The standard InChI is InChI=1S/C32H55NO26/c1-7(39)33-13-17(43)24(56-31-23(49)27(16(42)10(4-36)53-31)59-30-21(47)18(44)14(40)8(2-34)52-30)12(6-38)55-29(13)58-26-15(41)9(3-35)54-32(22(26)48)57-25-11(5-37)51-28(50)20(46)19(25)45/h8-32,34-38,40-50H,2-6H2,1H3,(H,33,39)/t8-,9-,10-,11-,12-,13-,14-,15+,16+,17-,18+,19-,20-,21-,22-,23-,24-,25-,26+,27+,28-,29+,30+,31+,32+/m1/s1. The second kappa shape index (κ2) is 20.8. The minimum atomic E-state index is -2.09. The lowest BCUT2D eigenvalue weighted by molar-refractivity contribution is -0.386. The Morgan fingerprint density at radius 2 is 0.780 bits per heavy atom. The van der Waals surface area contributed by atoms with Gasteiger partial charge in [0.25, 0.3) is 0 Å². The summed E-state index contributed by atoms with van der Waals surface area (Å²) < 4.78 is 50.0. The van der Waals surface area contributed by atoms with Gasteiger partial charge in [-0.25, -0.2) is 0 Å². The van der Waals surface area contributed by atoms with E-state index >= 15 is 0 Å². The van der Waals surface area contributed by atoms with E-state index in [1.54, 1.807) is 0 Å². The number of amides is 1. The fraction of sp³-hybridized carbons (Fsp3) is 0.969. The quantitative estimate of drug-likeness (QED) is 0.0770. The van der Waals surface area contributed by atoms with Crippen molar-refractivity contribution in [2.45, 2.75) is 160 Å². The highest BCUT2D eigenvalue weighted by Gasteiger charge is 2.57. The lowest BCUT2D eigenvalue weighted by Crippen LogP contribution is -2.70. The number of hydrogen-bond donors (Lipinski definition) is 17. The highest BCUT2D eigenvalue weighted by atomic mass is 16.8. The molecular weight excluding hydrogens is 814 g/mol. The number of nitrogens with one attached hydrogen (secondary N) is 1. The first-order chi connectivity index (χ1) is 27.9. The molecule has 1 amide bonds. The molecule has 0 aromatic carbocycles. The van der Waals surface area contributed by atoms with E-state index < -0.39 is 192 Å². The zero-order valence-corrected chi connectivity index (χ0v) is 31.2. The Bertz CT molecular complexity index is 1320. The summed E-state index contributed by atoms with van der Waals surface area (Å²) in [7, 11) is 0. The van der Waals surface area contributed by atoms with Gasteiger partial charge in [0, 0.05) is 6.92 Å². The molecule has 0 bridgehead atoms. The van der Waals surface area contributed by atoms with Crippen molar-refractivity contribution < 1.29 is 129 Å². The Kier molecular flexibility index (Phi) is 17.1. The molecule has 59 heavy (non-hydrogen) atoms. The molecule has 5 heterocycles. The zero-order valence-electron chi connectivity index (χ0n) is 31.2. The van der Waals surface area contributed by atoms with Crippen LogP contribution in [0.3, 0.4) is 0 Å². The summed E-state index contributed by atoms with van der Waals surface area (Å²) in [5.74, 6) is -0.817. The minimum Gasteiger partial charge on any atom is -0.394 e. The summed E-state index contributed by atoms with van der Waals surface area (Å²) in [5, 5.41) is 169. The Labute approximate surface area is 333 Å². The molecule has 0 spiro atoms. The number of carbonyl (C=O) groups is 1. The molecule has 0 saturated carbocycles. The average molecular weight is 870 g/mol. The number of carbonyl (C=O) groups excluding carboxylic acids is 1. The maximum atomic E-state index is 12.4. The molecule has 5 aliphatic rings. The molecule has 5 fully saturated rings. The van der Waals surface area contributed by atoms with Gasteiger partial charge in [0.2, 0.25) is 5.91 Å². The lowest BCUT2D eigenvalue weighted by atomic mass is 9.94. The van der Waals surface area contributed by atoms with Crippen molar-refractivity contribution in [2.24, 2.45) is 0 Å². The normalized spacial score (nSPS) is 51.0. The molecule has 5 rings (SSSR count). The zero-order chi connectivity index (χ0) is 43.6. The number of aliphatic hydroxyl groups is 16. The summed E-state index contributed by atoms with van der Waals surface area (Å²) >= 11 is 0. The molecular formula is C32H55NO26. The number of aliphatic hydroxyl groups excluding tert-OH is 16. The monoisotopic (exact) mass is 869 g/mol. The molecule has 5 aliphatic heterocycles. The van der Waals surface area contributed by atoms with Crippen LogP contribution in [0.15, 0.2) is 0 Å². The smallest absolute Gasteiger partial charge is 0.217 e. The summed E-state index contributed by atoms with van der Waals surface area (Å²) in [4.78, 5) is 12.4. The first-order valence-corrected chi connectivity index (χ1v) is 18.6. The number of rotatable bonds is 14. The average Bonchev–Trinajstić information content (AvgIpc) is 3.21. The maximum absolute atomic E-state index is 12.4. The largest absolute Gasteiger partial charge is 0.394 e. The third-order valence-electron chi connectivity index (χ3n) is 10.7. The van der Waals surface area contributed by atoms with Crippen LogP contribution in [0.5, 0.6) is 0 Å². The van der Waals surface area contributed by atoms with Crippen molar-refractivity contribution >= 4 is 5.91 Å². The second-order valence-electron chi connectivity index (χ2n) is 14.7. The SMILES string of the molecule is CC(=O)N[C@H]1[C@H](O[C@H]2[C@@H](O)[C@@H](CO)O[C@@H](O[C@H]3[C@H](O)[C@@H](O)[C@H](O)O[C@@H]3CO)[C@@H]2O)O[C@H](CO)[C@@H](O[C@@H]2O[C@H](CO)[C@H](O)[C@H](O[C@@H]3O[C@H](CO)[C@@H](O)[C@H](O)[C@H]3O)[C@H]2O)[C@@H]1O. The van der Waals surface area contributed by atoms with Crippen LogP contribution in [0.2, 0.25) is 0 Å². The van der Waals surface area contributed by atoms with Crippen LogP contribution >= 0.6 is 0 Å². The van der Waals surface area contributed by atoms with Gasteiger partial charge in [0.1, 0.15) is 122 Å². The van der Waals surface area contributed by atoms with Crippen LogP contribution in [0.4, 0.5) is 0 Å². The molecule has 0 aromatic heterocycles. The fourth-order valence-electron chi connectivity index (χ4n) is 7.43. The van der Waals surface area contributed by atoms with Crippen LogP contribution in [0.1, 0.15) is 6.92 Å². The van der Waals surface area contributed by atoms with Crippen LogP contribution in [-0.4, -0.2) is 274 Å². The Balaban J connectivity index is 1.35. The van der Waals surface area contributed by atoms with Crippen molar-refractivity contribution in [3.8, 4) is 0 Å². The molecule has 25 atom stereocenters. The van der Waals surface area contributed by atoms with Crippen LogP contribution in [-0.2, 0) is 47.4 Å². The Morgan fingerprint density at radius 1 is 0.407 bits per heavy atom. The van der Waals surface area contributed by atoms with E-state index in [0.717, 1.165) is 6.92 Å². The molecule has 27 nitrogen and oxygen atoms in total. The summed E-state index contributed by atoms with van der Waals surface area (Å²) in [6.07, 6.45) is -44.3. The van der Waals surface area contributed by atoms with Gasteiger partial charge in [-0.2, -0.15) is 0 Å². The van der Waals surface area contributed by atoms with Crippen molar-refractivity contribution in [1.82, 2.24) is 5.32 Å². The van der Waals surface area contributed by atoms with Gasteiger partial charge >= 0.3 is 0 Å². The summed E-state index contributed by atoms with van der Waals surface area (Å²) in [6.45, 7) is -3.57. The third-order valence-corrected chi connectivity index (χ3v) is 10.7. The Hall–Kier alpha value is -1.53. The van der Waals surface area contributed by atoms with E-state index in [1.807, 2.05) is 0 Å². The first kappa shape index (κ1) is 48.5. The van der Waals surface area contributed by atoms with Gasteiger partial charge in [-0.15, -0.1) is 0 Å². The van der Waals surface area contributed by atoms with E-state index in [9.17, 15) is 86.5 Å². The van der Waals surface area contributed by atoms with Gasteiger partial charge in [-0.1, -0.05) is 0 Å². The highest BCUT2D eigenvalue weighted by Crippen LogP contribution is 2.35. The maximum Gasteiger partial charge on any atom is 0.217 e. The number of ether oxygens (including phenoxy) is 9. The predicted octanol–water partition coefficient (Wildman–Crippen LogP) is -11.8. The van der Waals surface area contributed by atoms with E-state index in [-0.39, 0.29) is 0 Å². The van der Waals surface area contributed by atoms with Gasteiger partial charge in [0.05, 0.1) is 33.0 Å². The molecule has 0 unspecified atom stereocenters.